The smallest absolute Gasteiger partial charge is 0.255 e. The van der Waals surface area contributed by atoms with Crippen molar-refractivity contribution in [1.82, 2.24) is 4.90 Å². The number of hydrogen-bond acceptors (Lipinski definition) is 4. The largest absolute Gasteiger partial charge is 0.495 e. The van der Waals surface area contributed by atoms with Gasteiger partial charge in [0.05, 0.1) is 12.1 Å². The molecule has 0 unspecified atom stereocenters. The van der Waals surface area contributed by atoms with Gasteiger partial charge in [0.1, 0.15) is 5.75 Å². The van der Waals surface area contributed by atoms with E-state index in [1.54, 1.807) is 25.3 Å². The summed E-state index contributed by atoms with van der Waals surface area (Å²) >= 11 is 12.4. The number of hydrogen-bond donors (Lipinski definition) is 1. The Morgan fingerprint density at radius 3 is 2.31 bits per heavy atom. The van der Waals surface area contributed by atoms with Crippen LogP contribution in [0.2, 0.25) is 10.0 Å². The SMILES string of the molecule is COc1ccc(C(=O)Nc2ccc(N3CCN(Cc4ccccc4Cl)CC3)cc2)cc1Cl. The van der Waals surface area contributed by atoms with E-state index in [0.717, 1.165) is 49.1 Å². The highest BCUT2D eigenvalue weighted by atomic mass is 35.5. The van der Waals surface area contributed by atoms with E-state index in [9.17, 15) is 4.79 Å². The Morgan fingerprint density at radius 2 is 1.66 bits per heavy atom. The van der Waals surface area contributed by atoms with Crippen LogP contribution in [0.1, 0.15) is 15.9 Å². The number of piperazine rings is 1. The number of methoxy groups -OCH3 is 1. The fourth-order valence-electron chi connectivity index (χ4n) is 3.80. The van der Waals surface area contributed by atoms with E-state index >= 15 is 0 Å². The summed E-state index contributed by atoms with van der Waals surface area (Å²) in [5.74, 6) is 0.329. The van der Waals surface area contributed by atoms with Gasteiger partial charge in [-0.15, -0.1) is 0 Å². The van der Waals surface area contributed by atoms with Crippen molar-refractivity contribution in [1.29, 1.82) is 0 Å². The molecule has 4 rings (SSSR count). The molecule has 1 heterocycles. The standard InChI is InChI=1S/C25H25Cl2N3O2/c1-32-24-11-6-18(16-23(24)27)25(31)28-20-7-9-21(10-8-20)30-14-12-29(13-15-30)17-19-4-2-3-5-22(19)26/h2-11,16H,12-15,17H2,1H3,(H,28,31). The third kappa shape index (κ3) is 5.36. The highest BCUT2D eigenvalue weighted by molar-refractivity contribution is 6.32. The lowest BCUT2D eigenvalue weighted by Crippen LogP contribution is -2.46. The van der Waals surface area contributed by atoms with Crippen molar-refractivity contribution in [2.75, 3.05) is 43.5 Å². The van der Waals surface area contributed by atoms with Crippen molar-refractivity contribution < 1.29 is 9.53 Å². The molecule has 166 valence electrons. The van der Waals surface area contributed by atoms with Crippen LogP contribution >= 0.6 is 23.2 Å². The number of amides is 1. The van der Waals surface area contributed by atoms with Gasteiger partial charge in [-0.2, -0.15) is 0 Å². The first kappa shape index (κ1) is 22.5. The molecule has 1 aliphatic rings. The summed E-state index contributed by atoms with van der Waals surface area (Å²) < 4.78 is 5.13. The van der Waals surface area contributed by atoms with E-state index in [2.05, 4.69) is 21.2 Å². The summed E-state index contributed by atoms with van der Waals surface area (Å²) in [5, 5.41) is 4.15. The molecule has 3 aromatic rings. The second-order valence-corrected chi connectivity index (χ2v) is 8.52. The van der Waals surface area contributed by atoms with E-state index < -0.39 is 0 Å². The van der Waals surface area contributed by atoms with Gasteiger partial charge in [-0.05, 0) is 54.1 Å². The predicted molar refractivity (Wildman–Crippen MR) is 131 cm³/mol. The first-order valence-corrected chi connectivity index (χ1v) is 11.2. The lowest BCUT2D eigenvalue weighted by Gasteiger charge is -2.36. The molecule has 0 atom stereocenters. The molecule has 32 heavy (non-hydrogen) atoms. The van der Waals surface area contributed by atoms with Crippen LogP contribution in [0.25, 0.3) is 0 Å². The minimum absolute atomic E-state index is 0.213. The Hall–Kier alpha value is -2.73. The first-order chi connectivity index (χ1) is 15.5. The molecule has 0 aromatic heterocycles. The molecular formula is C25H25Cl2N3O2. The monoisotopic (exact) mass is 469 g/mol. The topological polar surface area (TPSA) is 44.8 Å². The number of ether oxygens (including phenoxy) is 1. The number of nitrogens with one attached hydrogen (secondary N) is 1. The number of nitrogens with zero attached hydrogens (tertiary/aromatic N) is 2. The Bertz CT molecular complexity index is 1080. The van der Waals surface area contributed by atoms with E-state index in [4.69, 9.17) is 27.9 Å². The highest BCUT2D eigenvalue weighted by Crippen LogP contribution is 2.26. The number of halogens is 2. The van der Waals surface area contributed by atoms with Crippen LogP contribution in [-0.2, 0) is 6.54 Å². The second kappa shape index (κ2) is 10.3. The van der Waals surface area contributed by atoms with E-state index in [1.807, 2.05) is 42.5 Å². The highest BCUT2D eigenvalue weighted by Gasteiger charge is 2.18. The van der Waals surface area contributed by atoms with Crippen LogP contribution in [0.4, 0.5) is 11.4 Å². The van der Waals surface area contributed by atoms with Crippen molar-refractivity contribution in [2.45, 2.75) is 6.54 Å². The van der Waals surface area contributed by atoms with Gasteiger partial charge < -0.3 is 15.0 Å². The van der Waals surface area contributed by atoms with Gasteiger partial charge >= 0.3 is 0 Å². The maximum atomic E-state index is 12.5. The van der Waals surface area contributed by atoms with Crippen molar-refractivity contribution in [3.05, 3.63) is 87.9 Å². The predicted octanol–water partition coefficient (Wildman–Crippen LogP) is 5.58. The molecule has 3 aromatic carbocycles. The molecule has 1 fully saturated rings. The minimum Gasteiger partial charge on any atom is -0.495 e. The van der Waals surface area contributed by atoms with Gasteiger partial charge in [0.2, 0.25) is 0 Å². The maximum Gasteiger partial charge on any atom is 0.255 e. The molecule has 1 N–H and O–H groups in total. The molecule has 0 radical (unpaired) electrons. The molecule has 0 aliphatic carbocycles. The first-order valence-electron chi connectivity index (χ1n) is 10.5. The van der Waals surface area contributed by atoms with Gasteiger partial charge in [-0.25, -0.2) is 0 Å². The van der Waals surface area contributed by atoms with Crippen molar-refractivity contribution in [3.8, 4) is 5.75 Å². The number of rotatable bonds is 6. The van der Waals surface area contributed by atoms with Gasteiger partial charge in [0, 0.05) is 54.7 Å². The lowest BCUT2D eigenvalue weighted by atomic mass is 10.1. The third-order valence-corrected chi connectivity index (χ3v) is 6.29. The molecule has 1 saturated heterocycles. The Balaban J connectivity index is 1.32. The second-order valence-electron chi connectivity index (χ2n) is 7.70. The summed E-state index contributed by atoms with van der Waals surface area (Å²) in [6, 6.07) is 20.9. The summed E-state index contributed by atoms with van der Waals surface area (Å²) in [5.41, 5.74) is 3.53. The van der Waals surface area contributed by atoms with Crippen LogP contribution in [0.3, 0.4) is 0 Å². The van der Waals surface area contributed by atoms with Crippen LogP contribution in [0, 0.1) is 0 Å². The van der Waals surface area contributed by atoms with E-state index in [0.29, 0.717) is 16.3 Å². The van der Waals surface area contributed by atoms with Crippen LogP contribution in [0.5, 0.6) is 5.75 Å². The Morgan fingerprint density at radius 1 is 0.938 bits per heavy atom. The van der Waals surface area contributed by atoms with Gasteiger partial charge in [0.25, 0.3) is 5.91 Å². The van der Waals surface area contributed by atoms with Crippen molar-refractivity contribution in [2.24, 2.45) is 0 Å². The fourth-order valence-corrected chi connectivity index (χ4v) is 4.25. The summed E-state index contributed by atoms with van der Waals surface area (Å²) in [6.45, 7) is 4.71. The fraction of sp³-hybridized carbons (Fsp3) is 0.240. The van der Waals surface area contributed by atoms with Gasteiger partial charge in [-0.1, -0.05) is 41.4 Å². The quantitative estimate of drug-likeness (QED) is 0.511. The Kier molecular flexibility index (Phi) is 7.20. The molecule has 5 nitrogen and oxygen atoms in total. The maximum absolute atomic E-state index is 12.5. The molecule has 1 aliphatic heterocycles. The summed E-state index contributed by atoms with van der Waals surface area (Å²) in [7, 11) is 1.54. The normalized spacial score (nSPS) is 14.3. The molecule has 0 bridgehead atoms. The van der Waals surface area contributed by atoms with Crippen LogP contribution in [-0.4, -0.2) is 44.1 Å². The molecule has 7 heteroatoms. The number of benzene rings is 3. The number of carbonyl (C=O) groups is 1. The van der Waals surface area contributed by atoms with Crippen LogP contribution in [0.15, 0.2) is 66.7 Å². The van der Waals surface area contributed by atoms with Gasteiger partial charge in [0.15, 0.2) is 0 Å². The van der Waals surface area contributed by atoms with Crippen molar-refractivity contribution >= 4 is 40.5 Å². The average molecular weight is 470 g/mol. The third-order valence-electron chi connectivity index (χ3n) is 5.63. The zero-order chi connectivity index (χ0) is 22.5. The average Bonchev–Trinajstić information content (AvgIpc) is 2.81. The molecule has 0 saturated carbocycles. The Labute approximate surface area is 198 Å². The summed E-state index contributed by atoms with van der Waals surface area (Å²) in [6.07, 6.45) is 0. The van der Waals surface area contributed by atoms with Crippen molar-refractivity contribution in [3.63, 3.8) is 0 Å². The zero-order valence-corrected chi connectivity index (χ0v) is 19.4. The van der Waals surface area contributed by atoms with Crippen LogP contribution < -0.4 is 15.0 Å². The molecule has 0 spiro atoms. The van der Waals surface area contributed by atoms with Gasteiger partial charge in [-0.3, -0.25) is 9.69 Å². The molecular weight excluding hydrogens is 445 g/mol. The zero-order valence-electron chi connectivity index (χ0n) is 17.9. The minimum atomic E-state index is -0.213. The van der Waals surface area contributed by atoms with E-state index in [1.165, 1.54) is 5.56 Å². The summed E-state index contributed by atoms with van der Waals surface area (Å²) in [4.78, 5) is 17.3. The molecule has 1 amide bonds. The van der Waals surface area contributed by atoms with E-state index in [-0.39, 0.29) is 5.91 Å². The lowest BCUT2D eigenvalue weighted by molar-refractivity contribution is 0.102. The number of carbonyl (C=O) groups excluding carboxylic acids is 1. The number of anilines is 2.